The molecule has 150 valence electrons. The summed E-state index contributed by atoms with van der Waals surface area (Å²) in [6.45, 7) is 5.82. The van der Waals surface area contributed by atoms with Crippen molar-refractivity contribution in [2.45, 2.75) is 26.5 Å². The Morgan fingerprint density at radius 2 is 1.79 bits per heavy atom. The zero-order valence-electron chi connectivity index (χ0n) is 16.2. The fraction of sp³-hybridized carbons (Fsp3) is 0.450. The number of hydrogen-bond acceptors (Lipinski definition) is 6. The standard InChI is InChI=1S/C20H26N4O4/c1-14(2)17(21)18-22-16(13-27-18)19(25)23-8-10-24(11-9-23)20(26)28-12-15-6-4-3-5-7-15/h3-7,13-14,17H,8-12,21H2,1-2H3. The van der Waals surface area contributed by atoms with Crippen molar-refractivity contribution in [2.24, 2.45) is 11.7 Å². The average Bonchev–Trinajstić information content (AvgIpc) is 3.21. The molecule has 2 amide bonds. The van der Waals surface area contributed by atoms with Gasteiger partial charge in [-0.3, -0.25) is 4.79 Å². The van der Waals surface area contributed by atoms with Gasteiger partial charge in [0.05, 0.1) is 6.04 Å². The predicted octanol–water partition coefficient (Wildman–Crippen LogP) is 2.42. The first-order valence-electron chi connectivity index (χ1n) is 9.41. The molecule has 1 aromatic carbocycles. The smallest absolute Gasteiger partial charge is 0.410 e. The number of ether oxygens (including phenoxy) is 1. The molecule has 2 heterocycles. The summed E-state index contributed by atoms with van der Waals surface area (Å²) < 4.78 is 10.7. The Morgan fingerprint density at radius 3 is 2.43 bits per heavy atom. The van der Waals surface area contributed by atoms with E-state index in [4.69, 9.17) is 14.9 Å². The number of hydrogen-bond donors (Lipinski definition) is 1. The Balaban J connectivity index is 1.49. The molecule has 1 fully saturated rings. The van der Waals surface area contributed by atoms with Crippen LogP contribution in [0.3, 0.4) is 0 Å². The van der Waals surface area contributed by atoms with E-state index in [0.717, 1.165) is 5.56 Å². The third-order valence-corrected chi connectivity index (χ3v) is 4.77. The Morgan fingerprint density at radius 1 is 1.14 bits per heavy atom. The van der Waals surface area contributed by atoms with Crippen molar-refractivity contribution in [1.82, 2.24) is 14.8 Å². The van der Waals surface area contributed by atoms with Crippen molar-refractivity contribution < 1.29 is 18.7 Å². The third kappa shape index (κ3) is 4.69. The van der Waals surface area contributed by atoms with Crippen molar-refractivity contribution in [3.05, 3.63) is 53.7 Å². The number of carbonyl (C=O) groups is 2. The summed E-state index contributed by atoms with van der Waals surface area (Å²) in [5.41, 5.74) is 7.19. The van der Waals surface area contributed by atoms with Gasteiger partial charge in [0.2, 0.25) is 5.89 Å². The monoisotopic (exact) mass is 386 g/mol. The van der Waals surface area contributed by atoms with Crippen LogP contribution in [0.25, 0.3) is 0 Å². The van der Waals surface area contributed by atoms with Crippen molar-refractivity contribution in [3.8, 4) is 0 Å². The molecule has 8 nitrogen and oxygen atoms in total. The Kier molecular flexibility index (Phi) is 6.30. The van der Waals surface area contributed by atoms with Gasteiger partial charge in [-0.2, -0.15) is 0 Å². The van der Waals surface area contributed by atoms with Gasteiger partial charge in [0.25, 0.3) is 5.91 Å². The van der Waals surface area contributed by atoms with Crippen molar-refractivity contribution in [3.63, 3.8) is 0 Å². The summed E-state index contributed by atoms with van der Waals surface area (Å²) in [7, 11) is 0. The summed E-state index contributed by atoms with van der Waals surface area (Å²) in [6, 6.07) is 9.17. The van der Waals surface area contributed by atoms with Gasteiger partial charge in [0.1, 0.15) is 12.9 Å². The summed E-state index contributed by atoms with van der Waals surface area (Å²) in [5.74, 6) is 0.303. The van der Waals surface area contributed by atoms with E-state index < -0.39 is 0 Å². The SMILES string of the molecule is CC(C)C(N)c1nc(C(=O)N2CCN(C(=O)OCc3ccccc3)CC2)co1. The zero-order chi connectivity index (χ0) is 20.1. The van der Waals surface area contributed by atoms with Crippen LogP contribution in [0.1, 0.15) is 41.8 Å². The molecule has 2 aromatic rings. The Hall–Kier alpha value is -2.87. The number of benzene rings is 1. The molecule has 2 N–H and O–H groups in total. The van der Waals surface area contributed by atoms with Gasteiger partial charge in [-0.1, -0.05) is 44.2 Å². The fourth-order valence-electron chi connectivity index (χ4n) is 2.89. The Bertz CT molecular complexity index is 798. The maximum absolute atomic E-state index is 12.6. The molecule has 1 atom stereocenters. The quantitative estimate of drug-likeness (QED) is 0.847. The second-order valence-corrected chi connectivity index (χ2v) is 7.16. The molecule has 1 aliphatic heterocycles. The van der Waals surface area contributed by atoms with E-state index in [1.807, 2.05) is 44.2 Å². The van der Waals surface area contributed by atoms with E-state index in [1.165, 1.54) is 6.26 Å². The van der Waals surface area contributed by atoms with Crippen molar-refractivity contribution in [2.75, 3.05) is 26.2 Å². The van der Waals surface area contributed by atoms with E-state index in [9.17, 15) is 9.59 Å². The number of nitrogens with two attached hydrogens (primary N) is 1. The molecule has 28 heavy (non-hydrogen) atoms. The van der Waals surface area contributed by atoms with Crippen LogP contribution >= 0.6 is 0 Å². The maximum Gasteiger partial charge on any atom is 0.410 e. The molecule has 3 rings (SSSR count). The molecule has 0 radical (unpaired) electrons. The first-order valence-corrected chi connectivity index (χ1v) is 9.41. The maximum atomic E-state index is 12.6. The largest absolute Gasteiger partial charge is 0.446 e. The number of oxazole rings is 1. The minimum absolute atomic E-state index is 0.159. The van der Waals surface area contributed by atoms with E-state index in [2.05, 4.69) is 4.98 Å². The fourth-order valence-corrected chi connectivity index (χ4v) is 2.89. The molecule has 0 spiro atoms. The molecule has 1 unspecified atom stereocenters. The van der Waals surface area contributed by atoms with Gasteiger partial charge >= 0.3 is 6.09 Å². The minimum Gasteiger partial charge on any atom is -0.446 e. The summed E-state index contributed by atoms with van der Waals surface area (Å²) >= 11 is 0. The highest BCUT2D eigenvalue weighted by molar-refractivity contribution is 5.92. The van der Waals surface area contributed by atoms with Crippen LogP contribution < -0.4 is 5.73 Å². The van der Waals surface area contributed by atoms with Gasteiger partial charge < -0.3 is 24.7 Å². The highest BCUT2D eigenvalue weighted by Gasteiger charge is 2.28. The second kappa shape index (κ2) is 8.88. The highest BCUT2D eigenvalue weighted by atomic mass is 16.6. The average molecular weight is 386 g/mol. The molecular weight excluding hydrogens is 360 g/mol. The van der Waals surface area contributed by atoms with Crippen LogP contribution in [0.5, 0.6) is 0 Å². The molecule has 0 bridgehead atoms. The van der Waals surface area contributed by atoms with Crippen LogP contribution in [-0.2, 0) is 11.3 Å². The zero-order valence-corrected chi connectivity index (χ0v) is 16.2. The minimum atomic E-state index is -0.373. The van der Waals surface area contributed by atoms with Crippen LogP contribution in [0, 0.1) is 5.92 Å². The van der Waals surface area contributed by atoms with Gasteiger partial charge in [-0.15, -0.1) is 0 Å². The first kappa shape index (κ1) is 19.9. The number of amides is 2. The molecule has 0 saturated carbocycles. The number of piperazine rings is 1. The van der Waals surface area contributed by atoms with Gasteiger partial charge in [-0.05, 0) is 11.5 Å². The van der Waals surface area contributed by atoms with Crippen molar-refractivity contribution >= 4 is 12.0 Å². The predicted molar refractivity (Wildman–Crippen MR) is 102 cm³/mol. The number of rotatable bonds is 5. The molecule has 1 saturated heterocycles. The second-order valence-electron chi connectivity index (χ2n) is 7.16. The third-order valence-electron chi connectivity index (χ3n) is 4.77. The van der Waals surface area contributed by atoms with E-state index in [1.54, 1.807) is 9.80 Å². The lowest BCUT2D eigenvalue weighted by molar-refractivity contribution is 0.0539. The first-order chi connectivity index (χ1) is 13.5. The topological polar surface area (TPSA) is 102 Å². The lowest BCUT2D eigenvalue weighted by Crippen LogP contribution is -2.50. The lowest BCUT2D eigenvalue weighted by Gasteiger charge is -2.33. The number of aromatic nitrogens is 1. The number of carbonyl (C=O) groups excluding carboxylic acids is 2. The molecule has 1 aliphatic rings. The molecule has 1 aromatic heterocycles. The Labute approximate surface area is 164 Å². The molecule has 0 aliphatic carbocycles. The summed E-state index contributed by atoms with van der Waals surface area (Å²) in [4.78, 5) is 32.3. The van der Waals surface area contributed by atoms with Crippen LogP contribution in [0.15, 0.2) is 41.0 Å². The van der Waals surface area contributed by atoms with Crippen molar-refractivity contribution in [1.29, 1.82) is 0 Å². The van der Waals surface area contributed by atoms with Gasteiger partial charge in [-0.25, -0.2) is 9.78 Å². The molecular formula is C20H26N4O4. The van der Waals surface area contributed by atoms with Gasteiger partial charge in [0.15, 0.2) is 5.69 Å². The van der Waals surface area contributed by atoms with E-state index in [0.29, 0.717) is 32.1 Å². The van der Waals surface area contributed by atoms with Crippen LogP contribution in [0.4, 0.5) is 4.79 Å². The molecule has 8 heteroatoms. The van der Waals surface area contributed by atoms with Crippen LogP contribution in [0.2, 0.25) is 0 Å². The van der Waals surface area contributed by atoms with Gasteiger partial charge in [0, 0.05) is 26.2 Å². The normalized spacial score (nSPS) is 15.6. The number of nitrogens with zero attached hydrogens (tertiary/aromatic N) is 3. The van der Waals surface area contributed by atoms with Crippen LogP contribution in [-0.4, -0.2) is 53.0 Å². The lowest BCUT2D eigenvalue weighted by atomic mass is 10.1. The van der Waals surface area contributed by atoms with E-state index >= 15 is 0 Å². The van der Waals surface area contributed by atoms with E-state index in [-0.39, 0.29) is 36.3 Å². The summed E-state index contributed by atoms with van der Waals surface area (Å²) in [6.07, 6.45) is 0.975. The summed E-state index contributed by atoms with van der Waals surface area (Å²) in [5, 5.41) is 0. The highest BCUT2D eigenvalue weighted by Crippen LogP contribution is 2.19.